The Labute approximate surface area is 235 Å². The Balaban J connectivity index is 1.44. The van der Waals surface area contributed by atoms with E-state index in [1.54, 1.807) is 0 Å². The van der Waals surface area contributed by atoms with Crippen molar-refractivity contribution in [3.05, 3.63) is 157 Å². The third kappa shape index (κ3) is 4.06. The van der Waals surface area contributed by atoms with E-state index >= 15 is 0 Å². The number of aryl methyl sites for hydroxylation is 2. The van der Waals surface area contributed by atoms with Crippen LogP contribution in [0.5, 0.6) is 0 Å². The number of benzene rings is 6. The summed E-state index contributed by atoms with van der Waals surface area (Å²) in [6.45, 7) is 4.38. The van der Waals surface area contributed by atoms with E-state index in [2.05, 4.69) is 169 Å². The van der Waals surface area contributed by atoms with Gasteiger partial charge in [-0.05, 0) is 90.7 Å². The Hall–Kier alpha value is -5.08. The molecule has 0 unspecified atom stereocenters. The Morgan fingerprint density at radius 3 is 1.73 bits per heavy atom. The van der Waals surface area contributed by atoms with Crippen molar-refractivity contribution in [3.8, 4) is 16.8 Å². The minimum atomic E-state index is 1.12. The van der Waals surface area contributed by atoms with Crippen LogP contribution in [0.4, 0.5) is 17.1 Å². The zero-order valence-corrected chi connectivity index (χ0v) is 22.8. The molecule has 0 spiro atoms. The van der Waals surface area contributed by atoms with Crippen molar-refractivity contribution in [2.45, 2.75) is 13.8 Å². The van der Waals surface area contributed by atoms with Gasteiger partial charge >= 0.3 is 0 Å². The first-order chi connectivity index (χ1) is 19.7. The SMILES string of the molecule is Cc1ccccc1-c1cc(N(c2ccccc2)c2cccc(-n3c4ccccc4c4ccccc43)c2)ccc1C. The van der Waals surface area contributed by atoms with Crippen molar-refractivity contribution in [2.75, 3.05) is 4.90 Å². The molecule has 0 fully saturated rings. The van der Waals surface area contributed by atoms with Crippen LogP contribution < -0.4 is 4.90 Å². The van der Waals surface area contributed by atoms with Crippen molar-refractivity contribution in [3.63, 3.8) is 0 Å². The first-order valence-corrected chi connectivity index (χ1v) is 13.8. The standard InChI is InChI=1S/C38H30N2/c1-27-13-6-7-18-33(27)36-26-32(24-23-28(36)2)39(29-14-4-3-5-15-29)30-16-12-17-31(25-30)40-37-21-10-8-19-34(37)35-20-9-11-22-38(35)40/h3-26H,1-2H3. The highest BCUT2D eigenvalue weighted by atomic mass is 15.1. The largest absolute Gasteiger partial charge is 0.310 e. The van der Waals surface area contributed by atoms with Gasteiger partial charge < -0.3 is 9.47 Å². The minimum Gasteiger partial charge on any atom is -0.310 e. The highest BCUT2D eigenvalue weighted by Gasteiger charge is 2.17. The fourth-order valence-electron chi connectivity index (χ4n) is 5.91. The van der Waals surface area contributed by atoms with Gasteiger partial charge in [-0.2, -0.15) is 0 Å². The molecule has 2 nitrogen and oxygen atoms in total. The fraction of sp³-hybridized carbons (Fsp3) is 0.0526. The molecule has 7 aromatic rings. The van der Waals surface area contributed by atoms with E-state index in [-0.39, 0.29) is 0 Å². The van der Waals surface area contributed by atoms with Crippen LogP contribution in [-0.2, 0) is 0 Å². The van der Waals surface area contributed by atoms with Gasteiger partial charge in [-0.15, -0.1) is 0 Å². The van der Waals surface area contributed by atoms with E-state index in [0.29, 0.717) is 0 Å². The average molecular weight is 515 g/mol. The van der Waals surface area contributed by atoms with Crippen LogP contribution >= 0.6 is 0 Å². The monoisotopic (exact) mass is 514 g/mol. The second-order valence-corrected chi connectivity index (χ2v) is 10.4. The van der Waals surface area contributed by atoms with Gasteiger partial charge in [0, 0.05) is 33.5 Å². The quantitative estimate of drug-likeness (QED) is 0.222. The van der Waals surface area contributed by atoms with E-state index in [4.69, 9.17) is 0 Å². The van der Waals surface area contributed by atoms with Gasteiger partial charge in [0.05, 0.1) is 11.0 Å². The molecule has 0 atom stereocenters. The average Bonchev–Trinajstić information content (AvgIpc) is 3.34. The smallest absolute Gasteiger partial charge is 0.0541 e. The Kier molecular flexibility index (Phi) is 5.94. The molecule has 0 aliphatic carbocycles. The molecule has 1 aromatic heterocycles. The van der Waals surface area contributed by atoms with Gasteiger partial charge in [0.2, 0.25) is 0 Å². The summed E-state index contributed by atoms with van der Waals surface area (Å²) < 4.78 is 2.38. The summed E-state index contributed by atoms with van der Waals surface area (Å²) in [5, 5.41) is 2.54. The lowest BCUT2D eigenvalue weighted by atomic mass is 9.96. The third-order valence-electron chi connectivity index (χ3n) is 7.86. The zero-order valence-electron chi connectivity index (χ0n) is 22.8. The maximum atomic E-state index is 2.38. The predicted molar refractivity (Wildman–Crippen MR) is 170 cm³/mol. The molecule has 0 N–H and O–H groups in total. The summed E-state index contributed by atoms with van der Waals surface area (Å²) in [5.41, 5.74) is 12.0. The molecule has 0 saturated heterocycles. The molecule has 0 amide bonds. The Morgan fingerprint density at radius 2 is 1.00 bits per heavy atom. The molecule has 7 rings (SSSR count). The van der Waals surface area contributed by atoms with Crippen LogP contribution in [0.25, 0.3) is 38.6 Å². The van der Waals surface area contributed by atoms with Crippen LogP contribution in [0.1, 0.15) is 11.1 Å². The molecule has 0 saturated carbocycles. The Morgan fingerprint density at radius 1 is 0.425 bits per heavy atom. The van der Waals surface area contributed by atoms with E-state index in [0.717, 1.165) is 22.7 Å². The molecule has 0 aliphatic heterocycles. The molecule has 0 aliphatic rings. The number of hydrogen-bond donors (Lipinski definition) is 0. The number of nitrogens with zero attached hydrogens (tertiary/aromatic N) is 2. The van der Waals surface area contributed by atoms with Gasteiger partial charge in [0.25, 0.3) is 0 Å². The maximum Gasteiger partial charge on any atom is 0.0541 e. The van der Waals surface area contributed by atoms with Crippen LogP contribution in [0.2, 0.25) is 0 Å². The van der Waals surface area contributed by atoms with Crippen LogP contribution in [0, 0.1) is 13.8 Å². The van der Waals surface area contributed by atoms with Gasteiger partial charge in [-0.3, -0.25) is 0 Å². The number of fused-ring (bicyclic) bond motifs is 3. The van der Waals surface area contributed by atoms with Gasteiger partial charge in [-0.1, -0.05) is 91.0 Å². The van der Waals surface area contributed by atoms with Gasteiger partial charge in [0.1, 0.15) is 0 Å². The second-order valence-electron chi connectivity index (χ2n) is 10.4. The number of hydrogen-bond acceptors (Lipinski definition) is 1. The first kappa shape index (κ1) is 24.0. The molecule has 0 bridgehead atoms. The third-order valence-corrected chi connectivity index (χ3v) is 7.86. The zero-order chi connectivity index (χ0) is 27.1. The predicted octanol–water partition coefficient (Wildman–Crippen LogP) is 10.5. The fourth-order valence-corrected chi connectivity index (χ4v) is 5.91. The van der Waals surface area contributed by atoms with Crippen molar-refractivity contribution < 1.29 is 0 Å². The van der Waals surface area contributed by atoms with E-state index in [9.17, 15) is 0 Å². The van der Waals surface area contributed by atoms with Crippen molar-refractivity contribution in [1.29, 1.82) is 0 Å². The van der Waals surface area contributed by atoms with Crippen molar-refractivity contribution in [2.24, 2.45) is 0 Å². The molecule has 2 heteroatoms. The molecule has 0 radical (unpaired) electrons. The molecule has 6 aromatic carbocycles. The highest BCUT2D eigenvalue weighted by molar-refractivity contribution is 6.09. The van der Waals surface area contributed by atoms with Crippen LogP contribution in [-0.4, -0.2) is 4.57 Å². The van der Waals surface area contributed by atoms with E-state index in [1.807, 2.05) is 0 Å². The number of rotatable bonds is 5. The van der Waals surface area contributed by atoms with Gasteiger partial charge in [-0.25, -0.2) is 0 Å². The summed E-state index contributed by atoms with van der Waals surface area (Å²) in [6, 6.07) is 52.3. The lowest BCUT2D eigenvalue weighted by Crippen LogP contribution is -2.11. The summed E-state index contributed by atoms with van der Waals surface area (Å²) >= 11 is 0. The number of anilines is 3. The molecule has 1 heterocycles. The van der Waals surface area contributed by atoms with Gasteiger partial charge in [0.15, 0.2) is 0 Å². The van der Waals surface area contributed by atoms with E-state index < -0.39 is 0 Å². The van der Waals surface area contributed by atoms with Crippen molar-refractivity contribution in [1.82, 2.24) is 4.57 Å². The van der Waals surface area contributed by atoms with Crippen molar-refractivity contribution >= 4 is 38.9 Å². The summed E-state index contributed by atoms with van der Waals surface area (Å²) in [5.74, 6) is 0. The molecule has 40 heavy (non-hydrogen) atoms. The highest BCUT2D eigenvalue weighted by Crippen LogP contribution is 2.40. The summed E-state index contributed by atoms with van der Waals surface area (Å²) in [7, 11) is 0. The lowest BCUT2D eigenvalue weighted by molar-refractivity contribution is 1.17. The summed E-state index contributed by atoms with van der Waals surface area (Å²) in [4.78, 5) is 2.36. The second kappa shape index (κ2) is 9.91. The maximum absolute atomic E-state index is 2.38. The van der Waals surface area contributed by atoms with Crippen LogP contribution in [0.3, 0.4) is 0 Å². The normalized spacial score (nSPS) is 11.2. The summed E-state index contributed by atoms with van der Waals surface area (Å²) in [6.07, 6.45) is 0. The minimum absolute atomic E-state index is 1.12. The molecule has 192 valence electrons. The lowest BCUT2D eigenvalue weighted by Gasteiger charge is -2.27. The Bertz CT molecular complexity index is 1930. The topological polar surface area (TPSA) is 8.17 Å². The van der Waals surface area contributed by atoms with E-state index in [1.165, 1.54) is 44.1 Å². The number of para-hydroxylation sites is 3. The first-order valence-electron chi connectivity index (χ1n) is 13.8. The molecular formula is C38H30N2. The molecular weight excluding hydrogens is 484 g/mol. The number of aromatic nitrogens is 1. The van der Waals surface area contributed by atoms with Crippen LogP contribution in [0.15, 0.2) is 146 Å².